The smallest absolute Gasteiger partial charge is 0.470 e. The van der Waals surface area contributed by atoms with Crippen LogP contribution >= 0.6 is 0 Å². The van der Waals surface area contributed by atoms with Gasteiger partial charge in [-0.3, -0.25) is 0 Å². The van der Waals surface area contributed by atoms with E-state index < -0.39 is 0 Å². The molecule has 0 heterocycles. The van der Waals surface area contributed by atoms with Crippen molar-refractivity contribution in [1.82, 2.24) is 0 Å². The van der Waals surface area contributed by atoms with E-state index in [1.54, 1.807) is 0 Å². The molecule has 4 heteroatoms. The lowest BCUT2D eigenvalue weighted by molar-refractivity contribution is 0.226. The van der Waals surface area contributed by atoms with Crippen LogP contribution in [0.2, 0.25) is 0 Å². The maximum absolute atomic E-state index is 4.72. The third-order valence-electron chi connectivity index (χ3n) is 0.383. The highest BCUT2D eigenvalue weighted by molar-refractivity contribution is 6.27. The van der Waals surface area contributed by atoms with Crippen LogP contribution < -0.4 is 0 Å². The Morgan fingerprint density at radius 2 is 2.14 bits per heavy atom. The van der Waals surface area contributed by atoms with E-state index in [0.29, 0.717) is 0 Å². The van der Waals surface area contributed by atoms with E-state index in [-0.39, 0.29) is 6.10 Å². The first kappa shape index (κ1) is 7.05. The SMILES string of the molecule is [B]O[B]OC(C)C. The molecule has 0 atom stereocenters. The van der Waals surface area contributed by atoms with Crippen LogP contribution in [0.1, 0.15) is 13.8 Å². The summed E-state index contributed by atoms with van der Waals surface area (Å²) in [5, 5.41) is 0. The summed E-state index contributed by atoms with van der Waals surface area (Å²) in [6.07, 6.45) is 0.142. The van der Waals surface area contributed by atoms with Crippen LogP contribution in [0.25, 0.3) is 0 Å². The van der Waals surface area contributed by atoms with Crippen molar-refractivity contribution < 1.29 is 9.23 Å². The maximum Gasteiger partial charge on any atom is 0.470 e. The molecule has 0 aliphatic carbocycles. The standard InChI is InChI=1S/C3H7B2O2/c1-3(2)6-5-7-4/h3H,1-2H3. The highest BCUT2D eigenvalue weighted by Gasteiger charge is 1.91. The van der Waals surface area contributed by atoms with Crippen LogP contribution in [-0.4, -0.2) is 21.8 Å². The average molecular weight is 96.7 g/mol. The van der Waals surface area contributed by atoms with Crippen LogP contribution in [-0.2, 0) is 9.23 Å². The Morgan fingerprint density at radius 3 is 2.29 bits per heavy atom. The molecular weight excluding hydrogens is 89.7 g/mol. The lowest BCUT2D eigenvalue weighted by atomic mass is 10.3. The van der Waals surface area contributed by atoms with Crippen LogP contribution in [0.15, 0.2) is 0 Å². The summed E-state index contributed by atoms with van der Waals surface area (Å²) in [5.74, 6) is 0. The first-order valence-electron chi connectivity index (χ1n) is 2.10. The Bertz CT molecular complexity index is 39.9. The summed E-state index contributed by atoms with van der Waals surface area (Å²) < 4.78 is 8.72. The molecule has 0 aliphatic rings. The van der Waals surface area contributed by atoms with Gasteiger partial charge in [0.05, 0.1) is 0 Å². The van der Waals surface area contributed by atoms with E-state index in [9.17, 15) is 0 Å². The molecule has 0 bridgehead atoms. The van der Waals surface area contributed by atoms with Gasteiger partial charge in [0.2, 0.25) is 0 Å². The Morgan fingerprint density at radius 1 is 1.57 bits per heavy atom. The Hall–Kier alpha value is 0.0499. The maximum atomic E-state index is 4.72. The first-order chi connectivity index (χ1) is 3.27. The van der Waals surface area contributed by atoms with Crippen molar-refractivity contribution in [3.63, 3.8) is 0 Å². The predicted octanol–water partition coefficient (Wildman–Crippen LogP) is 0.0457. The van der Waals surface area contributed by atoms with Gasteiger partial charge in [0.1, 0.15) is 0 Å². The van der Waals surface area contributed by atoms with Gasteiger partial charge in [-0.2, -0.15) is 0 Å². The summed E-state index contributed by atoms with van der Waals surface area (Å²) >= 11 is 0. The molecule has 37 valence electrons. The summed E-state index contributed by atoms with van der Waals surface area (Å²) in [7, 11) is 5.70. The monoisotopic (exact) mass is 97.1 g/mol. The van der Waals surface area contributed by atoms with E-state index in [2.05, 4.69) is 12.6 Å². The zero-order valence-corrected chi connectivity index (χ0v) is 4.55. The second kappa shape index (κ2) is 4.22. The number of rotatable bonds is 3. The quantitative estimate of drug-likeness (QED) is 0.463. The molecule has 0 aromatic rings. The van der Waals surface area contributed by atoms with Gasteiger partial charge in [-0.05, 0) is 13.8 Å². The molecule has 0 unspecified atom stereocenters. The molecular formula is C3H7B2O2. The summed E-state index contributed by atoms with van der Waals surface area (Å²) in [5.41, 5.74) is 0. The van der Waals surface area contributed by atoms with E-state index in [1.165, 1.54) is 0 Å². The molecule has 0 N–H and O–H groups in total. The van der Waals surface area contributed by atoms with E-state index >= 15 is 0 Å². The molecule has 0 rings (SSSR count). The van der Waals surface area contributed by atoms with Crippen LogP contribution in [0.5, 0.6) is 0 Å². The Kier molecular flexibility index (Phi) is 4.25. The van der Waals surface area contributed by atoms with Gasteiger partial charge in [0, 0.05) is 6.10 Å². The van der Waals surface area contributed by atoms with Gasteiger partial charge in [0.25, 0.3) is 8.05 Å². The highest BCUT2D eigenvalue weighted by atomic mass is 16.6. The molecule has 0 saturated carbocycles. The molecule has 0 aromatic carbocycles. The lowest BCUT2D eigenvalue weighted by Crippen LogP contribution is -2.08. The fourth-order valence-electron chi connectivity index (χ4n) is 0.143. The van der Waals surface area contributed by atoms with Crippen molar-refractivity contribution in [3.8, 4) is 0 Å². The molecule has 0 fully saturated rings. The van der Waals surface area contributed by atoms with Gasteiger partial charge < -0.3 is 9.23 Å². The molecule has 7 heavy (non-hydrogen) atoms. The minimum atomic E-state index is 0.142. The van der Waals surface area contributed by atoms with Gasteiger partial charge in [-0.1, -0.05) is 0 Å². The molecule has 0 aromatic heterocycles. The zero-order valence-electron chi connectivity index (χ0n) is 4.55. The summed E-state index contributed by atoms with van der Waals surface area (Å²) in [6.45, 7) is 3.77. The summed E-state index contributed by atoms with van der Waals surface area (Å²) in [6, 6.07) is 0. The van der Waals surface area contributed by atoms with Gasteiger partial charge >= 0.3 is 7.69 Å². The van der Waals surface area contributed by atoms with Crippen molar-refractivity contribution in [2.45, 2.75) is 20.0 Å². The summed E-state index contributed by atoms with van der Waals surface area (Å²) in [4.78, 5) is 0. The van der Waals surface area contributed by atoms with Crippen molar-refractivity contribution in [3.05, 3.63) is 0 Å². The average Bonchev–Trinajstić information content (AvgIpc) is 1.61. The molecule has 0 spiro atoms. The van der Waals surface area contributed by atoms with Crippen molar-refractivity contribution in [2.24, 2.45) is 0 Å². The first-order valence-corrected chi connectivity index (χ1v) is 2.10. The van der Waals surface area contributed by atoms with Crippen molar-refractivity contribution in [2.75, 3.05) is 0 Å². The third-order valence-corrected chi connectivity index (χ3v) is 0.383. The Balaban J connectivity index is 2.68. The second-order valence-electron chi connectivity index (χ2n) is 1.42. The van der Waals surface area contributed by atoms with Gasteiger partial charge in [0.15, 0.2) is 0 Å². The topological polar surface area (TPSA) is 18.5 Å². The number of hydrogen-bond donors (Lipinski definition) is 0. The predicted molar refractivity (Wildman–Crippen MR) is 28.8 cm³/mol. The van der Waals surface area contributed by atoms with Crippen molar-refractivity contribution in [1.29, 1.82) is 0 Å². The number of hydrogen-bond acceptors (Lipinski definition) is 2. The lowest BCUT2D eigenvalue weighted by Gasteiger charge is -2.01. The largest absolute Gasteiger partial charge is 0.485 e. The third kappa shape index (κ3) is 6.05. The second-order valence-corrected chi connectivity index (χ2v) is 1.42. The molecule has 0 aliphatic heterocycles. The zero-order chi connectivity index (χ0) is 5.70. The fourth-order valence-corrected chi connectivity index (χ4v) is 0.143. The molecule has 0 saturated heterocycles. The van der Waals surface area contributed by atoms with Gasteiger partial charge in [-0.15, -0.1) is 0 Å². The molecule has 0 amide bonds. The van der Waals surface area contributed by atoms with E-state index in [0.717, 1.165) is 7.69 Å². The Labute approximate surface area is 45.9 Å². The minimum Gasteiger partial charge on any atom is -0.485 e. The van der Waals surface area contributed by atoms with Crippen LogP contribution in [0.3, 0.4) is 0 Å². The fraction of sp³-hybridized carbons (Fsp3) is 1.00. The van der Waals surface area contributed by atoms with E-state index in [1.807, 2.05) is 13.8 Å². The molecule has 2 nitrogen and oxygen atoms in total. The highest BCUT2D eigenvalue weighted by Crippen LogP contribution is 1.82. The van der Waals surface area contributed by atoms with Crippen molar-refractivity contribution >= 4 is 15.7 Å². The van der Waals surface area contributed by atoms with Crippen LogP contribution in [0, 0.1) is 0 Å². The minimum absolute atomic E-state index is 0.142. The van der Waals surface area contributed by atoms with Crippen LogP contribution in [0.4, 0.5) is 0 Å². The normalized spacial score (nSPS) is 9.57. The van der Waals surface area contributed by atoms with Gasteiger partial charge in [-0.25, -0.2) is 0 Å². The van der Waals surface area contributed by atoms with E-state index in [4.69, 9.17) is 4.65 Å². The molecule has 3 radical (unpaired) electrons.